The lowest BCUT2D eigenvalue weighted by Crippen LogP contribution is -2.03. The highest BCUT2D eigenvalue weighted by atomic mass is 32.1. The highest BCUT2D eigenvalue weighted by molar-refractivity contribution is 7.09. The zero-order chi connectivity index (χ0) is 18.9. The van der Waals surface area contributed by atoms with E-state index in [9.17, 15) is 4.79 Å². The fraction of sp³-hybridized carbons (Fsp3) is 0.130. The first-order valence-electron chi connectivity index (χ1n) is 9.26. The average Bonchev–Trinajstić information content (AvgIpc) is 3.36. The minimum Gasteiger partial charge on any atom is -0.486 e. The number of nitrogens with zero attached hydrogens (tertiary/aromatic N) is 1. The Bertz CT molecular complexity index is 1160. The molecule has 1 N–H and O–H groups in total. The van der Waals surface area contributed by atoms with Gasteiger partial charge in [0, 0.05) is 24.0 Å². The van der Waals surface area contributed by atoms with Crippen molar-refractivity contribution in [2.75, 3.05) is 0 Å². The second-order valence-electron chi connectivity index (χ2n) is 6.86. The molecule has 0 unspecified atom stereocenters. The lowest BCUT2D eigenvalue weighted by Gasteiger charge is -2.16. The normalized spacial score (nSPS) is 15.4. The molecule has 0 saturated heterocycles. The Morgan fingerprint density at radius 1 is 1.04 bits per heavy atom. The molecule has 138 valence electrons. The van der Waals surface area contributed by atoms with E-state index in [0.29, 0.717) is 0 Å². The van der Waals surface area contributed by atoms with Gasteiger partial charge in [-0.05, 0) is 65.4 Å². The van der Waals surface area contributed by atoms with Gasteiger partial charge in [-0.25, -0.2) is 0 Å². The topological polar surface area (TPSA) is 55.0 Å². The molecule has 1 aliphatic carbocycles. The molecule has 1 aliphatic rings. The number of hydrogen-bond acceptors (Lipinski definition) is 4. The van der Waals surface area contributed by atoms with E-state index in [4.69, 9.17) is 4.74 Å². The summed E-state index contributed by atoms with van der Waals surface area (Å²) in [6, 6.07) is 20.1. The summed E-state index contributed by atoms with van der Waals surface area (Å²) in [5, 5.41) is 0. The van der Waals surface area contributed by atoms with E-state index in [1.54, 1.807) is 12.3 Å². The average molecular weight is 386 g/mol. The van der Waals surface area contributed by atoms with Gasteiger partial charge in [-0.1, -0.05) is 35.8 Å². The molecule has 4 nitrogen and oxygen atoms in total. The summed E-state index contributed by atoms with van der Waals surface area (Å²) in [7, 11) is 0. The molecule has 0 fully saturated rings. The Morgan fingerprint density at radius 3 is 2.68 bits per heavy atom. The molecule has 5 heteroatoms. The second-order valence-corrected chi connectivity index (χ2v) is 7.71. The summed E-state index contributed by atoms with van der Waals surface area (Å²) in [5.74, 6) is 0.844. The zero-order valence-corrected chi connectivity index (χ0v) is 15.9. The maximum Gasteiger partial charge on any atom is 0.258 e. The molecule has 28 heavy (non-hydrogen) atoms. The van der Waals surface area contributed by atoms with Crippen molar-refractivity contribution in [3.05, 3.63) is 94.5 Å². The van der Waals surface area contributed by atoms with Gasteiger partial charge in [0.1, 0.15) is 11.9 Å². The molecule has 5 rings (SSSR count). The molecule has 0 bridgehead atoms. The molecule has 1 atom stereocenters. The monoisotopic (exact) mass is 386 g/mol. The van der Waals surface area contributed by atoms with Gasteiger partial charge in [0.15, 0.2) is 0 Å². The number of benzene rings is 2. The molecular weight excluding hydrogens is 368 g/mol. The summed E-state index contributed by atoms with van der Waals surface area (Å²) in [6.45, 7) is 0. The predicted molar refractivity (Wildman–Crippen MR) is 112 cm³/mol. The molecule has 2 heterocycles. The van der Waals surface area contributed by atoms with Gasteiger partial charge >= 0.3 is 0 Å². The third-order valence-electron chi connectivity index (χ3n) is 5.13. The number of hydrogen-bond donors (Lipinski definition) is 1. The SMILES string of the molecule is O=c1cc(-c2ccc(O[C@@H]3CCc4c(-c5cccnc5)cccc43)cc2)s[nH]1. The first-order valence-corrected chi connectivity index (χ1v) is 10.1. The second kappa shape index (κ2) is 7.09. The van der Waals surface area contributed by atoms with Crippen molar-refractivity contribution < 1.29 is 4.74 Å². The molecular formula is C23H18N2O2S. The Labute approximate surface area is 166 Å². The highest BCUT2D eigenvalue weighted by Gasteiger charge is 2.26. The van der Waals surface area contributed by atoms with Crippen molar-refractivity contribution in [1.82, 2.24) is 9.36 Å². The van der Waals surface area contributed by atoms with Crippen LogP contribution in [0.25, 0.3) is 21.6 Å². The van der Waals surface area contributed by atoms with Crippen LogP contribution in [-0.2, 0) is 6.42 Å². The maximum atomic E-state index is 11.3. The van der Waals surface area contributed by atoms with E-state index < -0.39 is 0 Å². The van der Waals surface area contributed by atoms with Crippen molar-refractivity contribution in [2.24, 2.45) is 0 Å². The fourth-order valence-corrected chi connectivity index (χ4v) is 4.51. The summed E-state index contributed by atoms with van der Waals surface area (Å²) >= 11 is 1.35. The Kier molecular flexibility index (Phi) is 4.29. The molecule has 4 aromatic rings. The van der Waals surface area contributed by atoms with Gasteiger partial charge in [0.05, 0.1) is 4.88 Å². The number of H-pyrrole nitrogens is 1. The van der Waals surface area contributed by atoms with E-state index in [-0.39, 0.29) is 11.7 Å². The van der Waals surface area contributed by atoms with Crippen LogP contribution in [-0.4, -0.2) is 9.36 Å². The number of ether oxygens (including phenoxy) is 1. The maximum absolute atomic E-state index is 11.3. The number of aromatic nitrogens is 2. The van der Waals surface area contributed by atoms with Gasteiger partial charge in [-0.15, -0.1) is 0 Å². The van der Waals surface area contributed by atoms with Crippen LogP contribution in [0.2, 0.25) is 0 Å². The lowest BCUT2D eigenvalue weighted by molar-refractivity contribution is 0.207. The third-order valence-corrected chi connectivity index (χ3v) is 6.01. The standard InChI is InChI=1S/C23H18N2O2S/c26-23-13-22(28-25-23)15-6-8-17(9-7-15)27-21-11-10-19-18(4-1-5-20(19)21)16-3-2-12-24-14-16/h1-9,12-14,21H,10-11H2,(H,25,26)/t21-/m1/s1. The van der Waals surface area contributed by atoms with Crippen LogP contribution in [0, 0.1) is 0 Å². The Morgan fingerprint density at radius 2 is 1.93 bits per heavy atom. The van der Waals surface area contributed by atoms with Crippen LogP contribution >= 0.6 is 11.5 Å². The first-order chi connectivity index (χ1) is 13.8. The molecule has 0 aliphatic heterocycles. The largest absolute Gasteiger partial charge is 0.486 e. The third kappa shape index (κ3) is 3.14. The smallest absolute Gasteiger partial charge is 0.258 e. The van der Waals surface area contributed by atoms with Crippen LogP contribution in [0.3, 0.4) is 0 Å². The number of rotatable bonds is 4. The number of fused-ring (bicyclic) bond motifs is 1. The van der Waals surface area contributed by atoms with Crippen molar-refractivity contribution in [3.63, 3.8) is 0 Å². The van der Waals surface area contributed by atoms with E-state index >= 15 is 0 Å². The van der Waals surface area contributed by atoms with Gasteiger partial charge in [-0.2, -0.15) is 0 Å². The Hall–Kier alpha value is -3.18. The molecule has 0 amide bonds. The van der Waals surface area contributed by atoms with Crippen molar-refractivity contribution >= 4 is 11.5 Å². The van der Waals surface area contributed by atoms with E-state index in [2.05, 4.69) is 33.6 Å². The molecule has 0 saturated carbocycles. The summed E-state index contributed by atoms with van der Waals surface area (Å²) in [6.07, 6.45) is 5.74. The molecule has 0 radical (unpaired) electrons. The highest BCUT2D eigenvalue weighted by Crippen LogP contribution is 2.40. The van der Waals surface area contributed by atoms with Crippen LogP contribution in [0.1, 0.15) is 23.7 Å². The van der Waals surface area contributed by atoms with E-state index in [1.807, 2.05) is 36.5 Å². The minimum atomic E-state index is -0.0627. The lowest BCUT2D eigenvalue weighted by atomic mass is 9.98. The summed E-state index contributed by atoms with van der Waals surface area (Å²) in [5.41, 5.74) is 5.96. The summed E-state index contributed by atoms with van der Waals surface area (Å²) in [4.78, 5) is 16.5. The number of pyridine rings is 1. The van der Waals surface area contributed by atoms with E-state index in [1.165, 1.54) is 28.2 Å². The molecule has 2 aromatic heterocycles. The fourth-order valence-electron chi connectivity index (χ4n) is 3.82. The van der Waals surface area contributed by atoms with Gasteiger partial charge in [0.25, 0.3) is 5.56 Å². The van der Waals surface area contributed by atoms with Crippen LogP contribution in [0.15, 0.2) is 77.9 Å². The minimum absolute atomic E-state index is 0.0563. The predicted octanol–water partition coefficient (Wildman–Crippen LogP) is 5.23. The van der Waals surface area contributed by atoms with Crippen LogP contribution < -0.4 is 10.3 Å². The molecule has 0 spiro atoms. The quantitative estimate of drug-likeness (QED) is 0.522. The van der Waals surface area contributed by atoms with Gasteiger partial charge in [0.2, 0.25) is 0 Å². The van der Waals surface area contributed by atoms with Crippen molar-refractivity contribution in [3.8, 4) is 27.3 Å². The van der Waals surface area contributed by atoms with Crippen molar-refractivity contribution in [1.29, 1.82) is 0 Å². The van der Waals surface area contributed by atoms with Crippen LogP contribution in [0.4, 0.5) is 0 Å². The first kappa shape index (κ1) is 17.0. The summed E-state index contributed by atoms with van der Waals surface area (Å²) < 4.78 is 9.03. The van der Waals surface area contributed by atoms with Crippen LogP contribution in [0.5, 0.6) is 5.75 Å². The Balaban J connectivity index is 1.39. The van der Waals surface area contributed by atoms with E-state index in [0.717, 1.165) is 34.6 Å². The van der Waals surface area contributed by atoms with Crippen molar-refractivity contribution in [2.45, 2.75) is 18.9 Å². The number of nitrogens with one attached hydrogen (secondary N) is 1. The zero-order valence-electron chi connectivity index (χ0n) is 15.1. The molecule has 2 aromatic carbocycles. The number of aromatic amines is 1. The van der Waals surface area contributed by atoms with Gasteiger partial charge in [-0.3, -0.25) is 14.2 Å². The van der Waals surface area contributed by atoms with Gasteiger partial charge < -0.3 is 4.74 Å².